The zero-order valence-corrected chi connectivity index (χ0v) is 18.8. The fourth-order valence-electron chi connectivity index (χ4n) is 4.05. The molecule has 0 saturated carbocycles. The van der Waals surface area contributed by atoms with Crippen LogP contribution in [0.4, 0.5) is 0 Å². The van der Waals surface area contributed by atoms with Gasteiger partial charge in [-0.2, -0.15) is 5.10 Å². The molecule has 0 aliphatic carbocycles. The summed E-state index contributed by atoms with van der Waals surface area (Å²) in [5.74, 6) is 3.15. The summed E-state index contributed by atoms with van der Waals surface area (Å²) in [6.45, 7) is 0. The lowest BCUT2D eigenvalue weighted by molar-refractivity contribution is 0.482. The summed E-state index contributed by atoms with van der Waals surface area (Å²) in [4.78, 5) is 4.79. The van der Waals surface area contributed by atoms with Crippen molar-refractivity contribution in [2.75, 3.05) is 0 Å². The molecule has 1 N–H and O–H groups in total. The van der Waals surface area contributed by atoms with Crippen molar-refractivity contribution in [1.82, 2.24) is 15.2 Å². The van der Waals surface area contributed by atoms with Crippen LogP contribution in [0.3, 0.4) is 0 Å². The molecule has 6 rings (SSSR count). The zero-order chi connectivity index (χ0) is 23.5. The third-order valence-corrected chi connectivity index (χ3v) is 5.73. The number of aromatic nitrogens is 3. The summed E-state index contributed by atoms with van der Waals surface area (Å²) in [6, 6.07) is 35.5. The van der Waals surface area contributed by atoms with Crippen LogP contribution in [-0.2, 0) is 0 Å². The van der Waals surface area contributed by atoms with Crippen LogP contribution in [0.5, 0.6) is 23.0 Å². The van der Waals surface area contributed by atoms with E-state index < -0.39 is 0 Å². The number of hydrogen-bond donors (Lipinski definition) is 1. The minimum Gasteiger partial charge on any atom is -0.457 e. The van der Waals surface area contributed by atoms with Gasteiger partial charge in [-0.1, -0.05) is 48.5 Å². The topological polar surface area (TPSA) is 60.0 Å². The van der Waals surface area contributed by atoms with Gasteiger partial charge in [0, 0.05) is 16.5 Å². The molecule has 35 heavy (non-hydrogen) atoms. The molecule has 4 aromatic carbocycles. The van der Waals surface area contributed by atoms with Crippen molar-refractivity contribution in [2.45, 2.75) is 0 Å². The third kappa shape index (κ3) is 4.35. The molecule has 0 amide bonds. The largest absolute Gasteiger partial charge is 0.457 e. The normalized spacial score (nSPS) is 10.9. The predicted octanol–water partition coefficient (Wildman–Crippen LogP) is 7.88. The van der Waals surface area contributed by atoms with Gasteiger partial charge in [-0.05, 0) is 66.2 Å². The number of aromatic amines is 1. The van der Waals surface area contributed by atoms with E-state index >= 15 is 0 Å². The Morgan fingerprint density at radius 3 is 1.60 bits per heavy atom. The highest BCUT2D eigenvalue weighted by Crippen LogP contribution is 2.37. The summed E-state index contributed by atoms with van der Waals surface area (Å²) < 4.78 is 11.9. The number of nitrogens with one attached hydrogen (secondary N) is 1. The van der Waals surface area contributed by atoms with E-state index in [9.17, 15) is 0 Å². The van der Waals surface area contributed by atoms with Crippen LogP contribution in [0.25, 0.3) is 33.3 Å². The molecule has 2 heterocycles. The molecule has 0 atom stereocenters. The van der Waals surface area contributed by atoms with Gasteiger partial charge in [-0.15, -0.1) is 0 Å². The van der Waals surface area contributed by atoms with Crippen LogP contribution in [-0.4, -0.2) is 15.2 Å². The Morgan fingerprint density at radius 1 is 0.514 bits per heavy atom. The lowest BCUT2D eigenvalue weighted by Crippen LogP contribution is -1.92. The Labute approximate surface area is 202 Å². The molecule has 0 unspecified atom stereocenters. The molecule has 0 radical (unpaired) electrons. The average Bonchev–Trinajstić information content (AvgIpc) is 3.40. The molecular formula is C30H21N3O2. The first-order valence-electron chi connectivity index (χ1n) is 11.3. The lowest BCUT2D eigenvalue weighted by atomic mass is 9.96. The second kappa shape index (κ2) is 9.15. The predicted molar refractivity (Wildman–Crippen MR) is 138 cm³/mol. The zero-order valence-electron chi connectivity index (χ0n) is 18.8. The molecule has 0 fully saturated rings. The average molecular weight is 456 g/mol. The molecule has 0 aliphatic rings. The number of benzene rings is 4. The fourth-order valence-corrected chi connectivity index (χ4v) is 4.05. The van der Waals surface area contributed by atoms with Crippen LogP contribution in [0, 0.1) is 0 Å². The first kappa shape index (κ1) is 20.7. The lowest BCUT2D eigenvalue weighted by Gasteiger charge is -2.13. The van der Waals surface area contributed by atoms with E-state index in [0.29, 0.717) is 0 Å². The summed E-state index contributed by atoms with van der Waals surface area (Å²) >= 11 is 0. The fraction of sp³-hybridized carbons (Fsp3) is 0. The Kier molecular flexibility index (Phi) is 5.41. The molecule has 0 aliphatic heterocycles. The van der Waals surface area contributed by atoms with Gasteiger partial charge < -0.3 is 9.47 Å². The first-order valence-corrected chi connectivity index (χ1v) is 11.3. The van der Waals surface area contributed by atoms with Gasteiger partial charge in [0.15, 0.2) is 0 Å². The van der Waals surface area contributed by atoms with Gasteiger partial charge in [0.05, 0.1) is 23.6 Å². The maximum atomic E-state index is 5.97. The Bertz CT molecular complexity index is 1560. The number of nitrogens with zero attached hydrogens (tertiary/aromatic N) is 2. The second-order valence-electron chi connectivity index (χ2n) is 8.06. The molecule has 0 saturated heterocycles. The monoisotopic (exact) mass is 455 g/mol. The highest BCUT2D eigenvalue weighted by molar-refractivity contribution is 6.00. The van der Waals surface area contributed by atoms with E-state index in [-0.39, 0.29) is 0 Å². The minimum atomic E-state index is 0.772. The first-order chi connectivity index (χ1) is 17.3. The van der Waals surface area contributed by atoms with Crippen molar-refractivity contribution in [3.05, 3.63) is 122 Å². The molecular weight excluding hydrogens is 434 g/mol. The molecule has 168 valence electrons. The maximum Gasteiger partial charge on any atom is 0.127 e. The van der Waals surface area contributed by atoms with Crippen LogP contribution in [0.15, 0.2) is 122 Å². The van der Waals surface area contributed by atoms with Crippen molar-refractivity contribution < 1.29 is 9.47 Å². The Hall–Kier alpha value is -4.90. The maximum absolute atomic E-state index is 5.97. The van der Waals surface area contributed by atoms with Crippen molar-refractivity contribution in [2.24, 2.45) is 0 Å². The van der Waals surface area contributed by atoms with Gasteiger partial charge >= 0.3 is 0 Å². The minimum absolute atomic E-state index is 0.772. The van der Waals surface area contributed by atoms with Gasteiger partial charge in [-0.25, -0.2) is 0 Å². The van der Waals surface area contributed by atoms with Crippen molar-refractivity contribution >= 4 is 10.9 Å². The molecule has 5 nitrogen and oxygen atoms in total. The van der Waals surface area contributed by atoms with Crippen LogP contribution < -0.4 is 9.47 Å². The summed E-state index contributed by atoms with van der Waals surface area (Å²) in [5, 5.41) is 8.29. The Balaban J connectivity index is 1.35. The SMILES string of the molecule is c1ccc(Oc2ccc(-c3ncc4[nH]ncc4c3-c3ccc(Oc4ccccc4)cc3)cc2)cc1. The van der Waals surface area contributed by atoms with E-state index in [1.807, 2.05) is 109 Å². The summed E-state index contributed by atoms with van der Waals surface area (Å²) in [6.07, 6.45) is 3.67. The number of pyridine rings is 1. The number of ether oxygens (including phenoxy) is 2. The Morgan fingerprint density at radius 2 is 1.03 bits per heavy atom. The highest BCUT2D eigenvalue weighted by Gasteiger charge is 2.15. The van der Waals surface area contributed by atoms with Gasteiger partial charge in [0.2, 0.25) is 0 Å². The van der Waals surface area contributed by atoms with Crippen LogP contribution in [0.1, 0.15) is 0 Å². The quantitative estimate of drug-likeness (QED) is 0.277. The van der Waals surface area contributed by atoms with Crippen LogP contribution in [0.2, 0.25) is 0 Å². The van der Waals surface area contributed by atoms with E-state index in [4.69, 9.17) is 14.5 Å². The van der Waals surface area contributed by atoms with E-state index in [1.165, 1.54) is 0 Å². The molecule has 0 bridgehead atoms. The summed E-state index contributed by atoms with van der Waals surface area (Å²) in [5.41, 5.74) is 4.80. The third-order valence-electron chi connectivity index (χ3n) is 5.73. The number of rotatable bonds is 6. The van der Waals surface area contributed by atoms with Crippen LogP contribution >= 0.6 is 0 Å². The van der Waals surface area contributed by atoms with E-state index in [0.717, 1.165) is 56.3 Å². The van der Waals surface area contributed by atoms with Gasteiger partial charge in [0.1, 0.15) is 23.0 Å². The highest BCUT2D eigenvalue weighted by atomic mass is 16.5. The molecule has 2 aromatic heterocycles. The van der Waals surface area contributed by atoms with E-state index in [1.54, 1.807) is 0 Å². The number of H-pyrrole nitrogens is 1. The van der Waals surface area contributed by atoms with Gasteiger partial charge in [0.25, 0.3) is 0 Å². The second-order valence-corrected chi connectivity index (χ2v) is 8.06. The standard InChI is InChI=1S/C30H21N3O2/c1-3-7-23(8-4-1)34-25-15-11-21(12-16-25)29-27-19-32-33-28(27)20-31-30(29)22-13-17-26(18-14-22)35-24-9-5-2-6-10-24/h1-20H,(H,32,33). The number of fused-ring (bicyclic) bond motifs is 1. The van der Waals surface area contributed by atoms with E-state index in [2.05, 4.69) is 22.3 Å². The number of para-hydroxylation sites is 2. The summed E-state index contributed by atoms with van der Waals surface area (Å²) in [7, 11) is 0. The van der Waals surface area contributed by atoms with Crippen molar-refractivity contribution in [1.29, 1.82) is 0 Å². The molecule has 6 aromatic rings. The smallest absolute Gasteiger partial charge is 0.127 e. The van der Waals surface area contributed by atoms with Crippen molar-refractivity contribution in [3.63, 3.8) is 0 Å². The van der Waals surface area contributed by atoms with Crippen molar-refractivity contribution in [3.8, 4) is 45.4 Å². The molecule has 0 spiro atoms. The van der Waals surface area contributed by atoms with Gasteiger partial charge in [-0.3, -0.25) is 10.1 Å². The molecule has 5 heteroatoms. The number of hydrogen-bond acceptors (Lipinski definition) is 4.